The SMILES string of the molecule is C[C@@H](N)C([C@@H](Cc1ccccc1)C(=O)N[C@@H](Cc1ccccc1)C(=O)O)=[P+]([O-])O. The van der Waals surface area contributed by atoms with E-state index in [4.69, 9.17) is 5.73 Å². The lowest BCUT2D eigenvalue weighted by molar-refractivity contribution is -0.168. The van der Waals surface area contributed by atoms with Crippen molar-refractivity contribution in [3.05, 3.63) is 71.8 Å². The van der Waals surface area contributed by atoms with Gasteiger partial charge in [-0.25, -0.2) is 4.79 Å². The Morgan fingerprint density at radius 2 is 1.52 bits per heavy atom. The van der Waals surface area contributed by atoms with E-state index in [0.29, 0.717) is 0 Å². The van der Waals surface area contributed by atoms with Crippen LogP contribution in [-0.2, 0) is 22.4 Å². The zero-order valence-electron chi connectivity index (χ0n) is 16.1. The number of carbonyl (C=O) groups is 2. The molecule has 1 unspecified atom stereocenters. The third kappa shape index (κ3) is 6.76. The molecule has 0 aliphatic rings. The van der Waals surface area contributed by atoms with Crippen LogP contribution in [0.2, 0.25) is 0 Å². The van der Waals surface area contributed by atoms with Crippen molar-refractivity contribution in [2.45, 2.75) is 31.8 Å². The lowest BCUT2D eigenvalue weighted by Gasteiger charge is -2.22. The number of carboxylic acid groups (broad SMARTS) is 1. The van der Waals surface area contributed by atoms with Crippen molar-refractivity contribution in [2.24, 2.45) is 11.7 Å². The summed E-state index contributed by atoms with van der Waals surface area (Å²) < 4.78 is 0. The molecule has 0 aromatic heterocycles. The first-order chi connectivity index (χ1) is 13.8. The number of benzene rings is 2. The molecule has 0 saturated carbocycles. The van der Waals surface area contributed by atoms with Crippen molar-refractivity contribution in [2.75, 3.05) is 0 Å². The second kappa shape index (κ2) is 10.8. The molecular weight excluding hydrogens is 391 g/mol. The molecule has 1 amide bonds. The van der Waals surface area contributed by atoms with Gasteiger partial charge >= 0.3 is 5.97 Å². The van der Waals surface area contributed by atoms with Gasteiger partial charge in [-0.2, -0.15) is 4.89 Å². The molecule has 5 N–H and O–H groups in total. The molecular formula is C21H25N2O5P. The quantitative estimate of drug-likeness (QED) is 0.448. The molecule has 0 aliphatic heterocycles. The van der Waals surface area contributed by atoms with Crippen LogP contribution >= 0.6 is 8.00 Å². The van der Waals surface area contributed by atoms with Gasteiger partial charge in [0.25, 0.3) is 0 Å². The average molecular weight is 416 g/mol. The number of carbonyl (C=O) groups excluding carboxylic acids is 1. The summed E-state index contributed by atoms with van der Waals surface area (Å²) in [5.74, 6) is -2.85. The molecule has 29 heavy (non-hydrogen) atoms. The number of nitrogens with one attached hydrogen (secondary N) is 1. The van der Waals surface area contributed by atoms with Gasteiger partial charge in [0.05, 0.1) is 6.04 Å². The number of rotatable bonds is 9. The summed E-state index contributed by atoms with van der Waals surface area (Å²) >= 11 is 0. The van der Waals surface area contributed by atoms with Crippen molar-refractivity contribution < 1.29 is 24.5 Å². The van der Waals surface area contributed by atoms with Gasteiger partial charge in [-0.15, -0.1) is 0 Å². The number of carboxylic acids is 1. The fourth-order valence-electron chi connectivity index (χ4n) is 3.13. The Hall–Kier alpha value is -2.57. The first kappa shape index (κ1) is 22.7. The molecule has 0 radical (unpaired) electrons. The third-order valence-electron chi connectivity index (χ3n) is 4.54. The van der Waals surface area contributed by atoms with Gasteiger partial charge in [-0.1, -0.05) is 60.7 Å². The highest BCUT2D eigenvalue weighted by Gasteiger charge is 2.35. The van der Waals surface area contributed by atoms with Crippen molar-refractivity contribution >= 4 is 25.2 Å². The van der Waals surface area contributed by atoms with E-state index in [1.54, 1.807) is 48.5 Å². The van der Waals surface area contributed by atoms with Crippen LogP contribution in [0.5, 0.6) is 0 Å². The first-order valence-corrected chi connectivity index (χ1v) is 10.4. The Morgan fingerprint density at radius 1 is 1.03 bits per heavy atom. The number of aliphatic carboxylic acids is 1. The van der Waals surface area contributed by atoms with E-state index in [9.17, 15) is 24.5 Å². The summed E-state index contributed by atoms with van der Waals surface area (Å²) in [6.07, 6.45) is 0.238. The molecule has 154 valence electrons. The topological polar surface area (TPSA) is 136 Å². The second-order valence-electron chi connectivity index (χ2n) is 6.82. The van der Waals surface area contributed by atoms with Crippen LogP contribution in [0.15, 0.2) is 60.7 Å². The van der Waals surface area contributed by atoms with Crippen LogP contribution in [0.3, 0.4) is 0 Å². The summed E-state index contributed by atoms with van der Waals surface area (Å²) in [6.45, 7) is 1.53. The summed E-state index contributed by atoms with van der Waals surface area (Å²) in [5, 5.41) is 12.1. The molecule has 4 atom stereocenters. The predicted molar refractivity (Wildman–Crippen MR) is 111 cm³/mol. The molecule has 7 nitrogen and oxygen atoms in total. The number of amides is 1. The third-order valence-corrected chi connectivity index (χ3v) is 5.70. The maximum Gasteiger partial charge on any atom is 0.326 e. The molecule has 2 rings (SSSR count). The Balaban J connectivity index is 2.29. The van der Waals surface area contributed by atoms with Gasteiger partial charge in [0, 0.05) is 6.42 Å². The van der Waals surface area contributed by atoms with Gasteiger partial charge in [0.2, 0.25) is 13.9 Å². The highest BCUT2D eigenvalue weighted by atomic mass is 31.1. The van der Waals surface area contributed by atoms with Gasteiger partial charge < -0.3 is 21.1 Å². The zero-order valence-corrected chi connectivity index (χ0v) is 17.0. The van der Waals surface area contributed by atoms with E-state index in [1.165, 1.54) is 6.92 Å². The summed E-state index contributed by atoms with van der Waals surface area (Å²) in [5.41, 5.74) is 7.40. The molecule has 8 heteroatoms. The molecule has 2 aromatic carbocycles. The maximum atomic E-state index is 13.0. The smallest absolute Gasteiger partial charge is 0.326 e. The lowest BCUT2D eigenvalue weighted by atomic mass is 9.91. The van der Waals surface area contributed by atoms with Gasteiger partial charge in [0.15, 0.2) is 5.29 Å². The van der Waals surface area contributed by atoms with Crippen LogP contribution in [0.25, 0.3) is 0 Å². The van der Waals surface area contributed by atoms with E-state index in [-0.39, 0.29) is 18.1 Å². The van der Waals surface area contributed by atoms with Crippen LogP contribution < -0.4 is 15.9 Å². The Labute approximate surface area is 170 Å². The van der Waals surface area contributed by atoms with Gasteiger partial charge in [-0.05, 0) is 24.5 Å². The number of hydrogen-bond donors (Lipinski definition) is 4. The van der Waals surface area contributed by atoms with Gasteiger partial charge in [0.1, 0.15) is 12.0 Å². The Kier molecular flexibility index (Phi) is 8.49. The minimum Gasteiger partial charge on any atom is -0.603 e. The average Bonchev–Trinajstić information content (AvgIpc) is 2.67. The van der Waals surface area contributed by atoms with Crippen LogP contribution in [0.1, 0.15) is 18.1 Å². The summed E-state index contributed by atoms with van der Waals surface area (Å²) in [4.78, 5) is 46.4. The fourth-order valence-corrected chi connectivity index (χ4v) is 3.95. The monoisotopic (exact) mass is 416 g/mol. The highest BCUT2D eigenvalue weighted by Crippen LogP contribution is 2.21. The predicted octanol–water partition coefficient (Wildman–Crippen LogP) is 0.841. The molecule has 2 aromatic rings. The first-order valence-electron chi connectivity index (χ1n) is 9.19. The van der Waals surface area contributed by atoms with Crippen molar-refractivity contribution in [1.82, 2.24) is 5.32 Å². The van der Waals surface area contributed by atoms with Crippen molar-refractivity contribution in [1.29, 1.82) is 0 Å². The van der Waals surface area contributed by atoms with E-state index >= 15 is 0 Å². The highest BCUT2D eigenvalue weighted by molar-refractivity contribution is 7.46. The molecule has 0 bridgehead atoms. The van der Waals surface area contributed by atoms with Crippen LogP contribution in [0.4, 0.5) is 0 Å². The van der Waals surface area contributed by atoms with Crippen molar-refractivity contribution in [3.8, 4) is 0 Å². The largest absolute Gasteiger partial charge is 0.603 e. The van der Waals surface area contributed by atoms with E-state index in [2.05, 4.69) is 5.32 Å². The van der Waals surface area contributed by atoms with E-state index < -0.39 is 37.9 Å². The number of hydrogen-bond acceptors (Lipinski definition) is 5. The zero-order chi connectivity index (χ0) is 21.4. The van der Waals surface area contributed by atoms with E-state index in [0.717, 1.165) is 11.1 Å². The Morgan fingerprint density at radius 3 is 1.93 bits per heavy atom. The van der Waals surface area contributed by atoms with Crippen LogP contribution in [0, 0.1) is 5.92 Å². The maximum absolute atomic E-state index is 13.0. The standard InChI is InChI=1S/C21H25N2O5P/c1-14(22)19(29(27)28)17(12-15-8-4-2-5-9-15)20(24)23-18(21(25)26)13-16-10-6-3-7-11-16/h2-11,14,17-18H,12-13,22H2,1H3,(H,23,24)(H,25,26)(H,27,28)/t14-,17-,18+/m1/s1. The van der Waals surface area contributed by atoms with Crippen LogP contribution in [-0.4, -0.2) is 39.3 Å². The minimum atomic E-state index is -2.83. The summed E-state index contributed by atoms with van der Waals surface area (Å²) in [7, 11) is -2.83. The molecule has 0 saturated heterocycles. The fraction of sp³-hybridized carbons (Fsp3) is 0.286. The molecule has 0 heterocycles. The molecule has 0 aliphatic carbocycles. The summed E-state index contributed by atoms with van der Waals surface area (Å²) in [6, 6.07) is 15.9. The lowest BCUT2D eigenvalue weighted by Crippen LogP contribution is -2.49. The van der Waals surface area contributed by atoms with Gasteiger partial charge in [-0.3, -0.25) is 4.79 Å². The van der Waals surface area contributed by atoms with Crippen molar-refractivity contribution in [3.63, 3.8) is 0 Å². The second-order valence-corrected chi connectivity index (χ2v) is 7.88. The Bertz CT molecular complexity index is 852. The minimum absolute atomic E-state index is 0.00907. The van der Waals surface area contributed by atoms with E-state index in [1.807, 2.05) is 12.1 Å². The number of nitrogens with two attached hydrogens (primary N) is 1. The molecule has 0 spiro atoms. The normalized spacial score (nSPS) is 15.0. The molecule has 0 fully saturated rings.